The molecule has 0 aliphatic rings. The summed E-state index contributed by atoms with van der Waals surface area (Å²) >= 11 is 6.52. The minimum atomic E-state index is -1.06. The van der Waals surface area contributed by atoms with Gasteiger partial charge in [0.2, 0.25) is 11.8 Å². The predicted octanol–water partition coefficient (Wildman–Crippen LogP) is 4.75. The number of hydrogen-bond donors (Lipinski definition) is 1. The van der Waals surface area contributed by atoms with Gasteiger partial charge in [0.15, 0.2) is 11.4 Å². The zero-order valence-corrected chi connectivity index (χ0v) is 19.4. The predicted molar refractivity (Wildman–Crippen MR) is 114 cm³/mol. The van der Waals surface area contributed by atoms with Crippen LogP contribution in [-0.4, -0.2) is 47.3 Å². The highest BCUT2D eigenvalue weighted by atomic mass is 79.9. The van der Waals surface area contributed by atoms with Crippen LogP contribution in [0.2, 0.25) is 0 Å². The molecule has 2 rings (SSSR count). The molecule has 158 valence electrons. The Morgan fingerprint density at radius 3 is 1.76 bits per heavy atom. The first-order valence-corrected chi connectivity index (χ1v) is 10.3. The molecule has 2 aromatic rings. The summed E-state index contributed by atoms with van der Waals surface area (Å²) in [5.41, 5.74) is 0.228. The van der Waals surface area contributed by atoms with Crippen LogP contribution in [0.25, 0.3) is 0 Å². The van der Waals surface area contributed by atoms with Gasteiger partial charge in [0.25, 0.3) is 0 Å². The Kier molecular flexibility index (Phi) is 11.2. The number of carbonyl (C=O) groups excluding carboxylic acids is 1. The third kappa shape index (κ3) is 8.36. The lowest BCUT2D eigenvalue weighted by atomic mass is 10.3. The Labute approximate surface area is 185 Å². The first kappa shape index (κ1) is 24.8. The van der Waals surface area contributed by atoms with E-state index in [0.29, 0.717) is 29.4 Å². The number of pyridine rings is 2. The maximum absolute atomic E-state index is 11.2. The van der Waals surface area contributed by atoms with Gasteiger partial charge in [-0.2, -0.15) is 0 Å². The summed E-state index contributed by atoms with van der Waals surface area (Å²) < 4.78 is 16.6. The first-order valence-electron chi connectivity index (χ1n) is 8.74. The van der Waals surface area contributed by atoms with E-state index < -0.39 is 11.9 Å². The Morgan fingerprint density at radius 2 is 1.34 bits per heavy atom. The van der Waals surface area contributed by atoms with Crippen molar-refractivity contribution in [1.29, 1.82) is 0 Å². The third-order valence-corrected chi connectivity index (χ3v) is 4.33. The summed E-state index contributed by atoms with van der Waals surface area (Å²) in [6.07, 6.45) is 1.74. The van der Waals surface area contributed by atoms with Crippen molar-refractivity contribution >= 4 is 43.8 Å². The molecule has 0 saturated carbocycles. The molecule has 0 spiro atoms. The van der Waals surface area contributed by atoms with Gasteiger partial charge >= 0.3 is 11.9 Å². The van der Waals surface area contributed by atoms with E-state index in [9.17, 15) is 9.59 Å². The van der Waals surface area contributed by atoms with Crippen molar-refractivity contribution in [2.75, 3.05) is 20.3 Å². The highest BCUT2D eigenvalue weighted by molar-refractivity contribution is 9.10. The fourth-order valence-corrected chi connectivity index (χ4v) is 2.45. The molecule has 0 amide bonds. The Morgan fingerprint density at radius 1 is 0.897 bits per heavy atom. The van der Waals surface area contributed by atoms with Crippen LogP contribution in [0.4, 0.5) is 0 Å². The molecule has 0 bridgehead atoms. The van der Waals surface area contributed by atoms with Gasteiger partial charge < -0.3 is 19.3 Å². The lowest BCUT2D eigenvalue weighted by Gasteiger charge is -2.06. The first-order chi connectivity index (χ1) is 13.8. The largest absolute Gasteiger partial charge is 0.477 e. The zero-order valence-electron chi connectivity index (χ0n) is 16.3. The van der Waals surface area contributed by atoms with Gasteiger partial charge in [0, 0.05) is 0 Å². The molecular weight excluding hydrogens is 512 g/mol. The molecule has 0 saturated heterocycles. The molecule has 0 unspecified atom stereocenters. The van der Waals surface area contributed by atoms with Crippen LogP contribution in [0.3, 0.4) is 0 Å². The second-order valence-corrected chi connectivity index (χ2v) is 7.17. The monoisotopic (exact) mass is 532 g/mol. The van der Waals surface area contributed by atoms with E-state index in [0.717, 1.165) is 17.3 Å². The number of methoxy groups -OCH3 is 1. The molecule has 0 radical (unpaired) electrons. The van der Waals surface area contributed by atoms with E-state index in [1.54, 1.807) is 18.2 Å². The molecule has 29 heavy (non-hydrogen) atoms. The molecule has 0 aliphatic heterocycles. The number of rotatable bonds is 8. The van der Waals surface area contributed by atoms with E-state index in [1.165, 1.54) is 13.2 Å². The minimum Gasteiger partial charge on any atom is -0.477 e. The number of carbonyl (C=O) groups is 2. The van der Waals surface area contributed by atoms with Gasteiger partial charge in [-0.25, -0.2) is 19.6 Å². The van der Waals surface area contributed by atoms with Gasteiger partial charge in [-0.15, -0.1) is 0 Å². The van der Waals surface area contributed by atoms with Gasteiger partial charge in [0.1, 0.15) is 0 Å². The Hall–Kier alpha value is -2.20. The summed E-state index contributed by atoms with van der Waals surface area (Å²) in [4.78, 5) is 29.7. The molecule has 0 aromatic carbocycles. The Balaban J connectivity index is 0.000000291. The van der Waals surface area contributed by atoms with Crippen molar-refractivity contribution in [2.24, 2.45) is 0 Å². The van der Waals surface area contributed by atoms with Crippen molar-refractivity contribution in [2.45, 2.75) is 26.7 Å². The SMILES string of the molecule is CCCOc1nc(C(=O)O)ccc1Br.CCCOc1nc(C(=O)OC)ccc1Br. The van der Waals surface area contributed by atoms with E-state index in [-0.39, 0.29) is 11.4 Å². The van der Waals surface area contributed by atoms with Crippen molar-refractivity contribution in [1.82, 2.24) is 9.97 Å². The van der Waals surface area contributed by atoms with Crippen LogP contribution in [-0.2, 0) is 4.74 Å². The van der Waals surface area contributed by atoms with Crippen molar-refractivity contribution in [3.05, 3.63) is 44.6 Å². The summed E-state index contributed by atoms with van der Waals surface area (Å²) in [6, 6.07) is 6.33. The van der Waals surface area contributed by atoms with E-state index >= 15 is 0 Å². The van der Waals surface area contributed by atoms with Gasteiger partial charge in [-0.05, 0) is 69.0 Å². The van der Waals surface area contributed by atoms with Crippen molar-refractivity contribution < 1.29 is 28.9 Å². The summed E-state index contributed by atoms with van der Waals surface area (Å²) in [5.74, 6) is -0.783. The number of esters is 1. The van der Waals surface area contributed by atoms with Crippen molar-refractivity contribution in [3.8, 4) is 11.8 Å². The summed E-state index contributed by atoms with van der Waals surface area (Å²) in [6.45, 7) is 5.05. The van der Waals surface area contributed by atoms with Crippen LogP contribution < -0.4 is 9.47 Å². The lowest BCUT2D eigenvalue weighted by molar-refractivity contribution is 0.0591. The second kappa shape index (κ2) is 13.1. The lowest BCUT2D eigenvalue weighted by Crippen LogP contribution is -2.06. The van der Waals surface area contributed by atoms with Crippen LogP contribution in [0.15, 0.2) is 33.2 Å². The van der Waals surface area contributed by atoms with Crippen LogP contribution in [0, 0.1) is 0 Å². The summed E-state index contributed by atoms with van der Waals surface area (Å²) in [7, 11) is 1.32. The molecule has 8 nitrogen and oxygen atoms in total. The highest BCUT2D eigenvalue weighted by Gasteiger charge is 2.11. The number of nitrogens with zero attached hydrogens (tertiary/aromatic N) is 2. The number of aromatic nitrogens is 2. The number of carboxylic acids is 1. The minimum absolute atomic E-state index is 0.0145. The number of halogens is 2. The standard InChI is InChI=1S/C10H12BrNO3.C9H10BrNO3/c1-3-6-15-9-7(11)4-5-8(12-9)10(13)14-2;1-2-5-14-8-6(10)3-4-7(11-8)9(12)13/h4-5H,3,6H2,1-2H3;3-4H,2,5H2,1H3,(H,12,13). The molecular formula is C19H22Br2N2O6. The van der Waals surface area contributed by atoms with Crippen LogP contribution >= 0.6 is 31.9 Å². The van der Waals surface area contributed by atoms with Gasteiger partial charge in [-0.1, -0.05) is 13.8 Å². The fourth-order valence-electron chi connectivity index (χ4n) is 1.78. The average molecular weight is 534 g/mol. The number of aromatic carboxylic acids is 1. The van der Waals surface area contributed by atoms with Crippen LogP contribution in [0.5, 0.6) is 11.8 Å². The fraction of sp³-hybridized carbons (Fsp3) is 0.368. The molecule has 0 atom stereocenters. The smallest absolute Gasteiger partial charge is 0.356 e. The topological polar surface area (TPSA) is 108 Å². The molecule has 1 N–H and O–H groups in total. The molecule has 0 aliphatic carbocycles. The van der Waals surface area contributed by atoms with E-state index in [4.69, 9.17) is 14.6 Å². The van der Waals surface area contributed by atoms with Gasteiger partial charge in [0.05, 0.1) is 29.3 Å². The van der Waals surface area contributed by atoms with Crippen molar-refractivity contribution in [3.63, 3.8) is 0 Å². The van der Waals surface area contributed by atoms with E-state index in [1.807, 2.05) is 13.8 Å². The molecule has 2 heterocycles. The van der Waals surface area contributed by atoms with Gasteiger partial charge in [-0.3, -0.25) is 0 Å². The highest BCUT2D eigenvalue weighted by Crippen LogP contribution is 2.23. The quantitative estimate of drug-likeness (QED) is 0.484. The summed E-state index contributed by atoms with van der Waals surface area (Å²) in [5, 5.41) is 8.69. The molecule has 0 fully saturated rings. The zero-order chi connectivity index (χ0) is 21.8. The Bertz CT molecular complexity index is 832. The normalized spacial score (nSPS) is 9.83. The average Bonchev–Trinajstić information content (AvgIpc) is 2.72. The maximum atomic E-state index is 11.2. The second-order valence-electron chi connectivity index (χ2n) is 5.46. The number of hydrogen-bond acceptors (Lipinski definition) is 7. The third-order valence-electron chi connectivity index (χ3n) is 3.13. The van der Waals surface area contributed by atoms with Crippen LogP contribution in [0.1, 0.15) is 47.7 Å². The molecule has 2 aromatic heterocycles. The molecule has 10 heteroatoms. The number of ether oxygens (including phenoxy) is 3. The number of carboxylic acid groups (broad SMARTS) is 1. The van der Waals surface area contributed by atoms with E-state index in [2.05, 4.69) is 46.6 Å². The maximum Gasteiger partial charge on any atom is 0.356 e.